The minimum absolute atomic E-state index is 0.0417. The standard InChI is InChI=1S/C24H27FN4O2/c1-26-24(30)29(15-18-5-3-2-4-6-18)16-19-9-7-17(8-10-19)14-27-23-28-21-12-11-20(25)13-22(21)31-23/h2-6,11-14,17,19H,7-10,15-16H2,1H3,(H,26,30)/b27-14-. The normalized spacial score (nSPS) is 19.0. The molecule has 3 aromatic rings. The van der Waals surface area contributed by atoms with Crippen LogP contribution in [0.15, 0.2) is 57.9 Å². The molecule has 4 rings (SSSR count). The Labute approximate surface area is 181 Å². The predicted octanol–water partition coefficient (Wildman–Crippen LogP) is 5.32. The van der Waals surface area contributed by atoms with Gasteiger partial charge in [0.2, 0.25) is 0 Å². The third-order valence-electron chi connectivity index (χ3n) is 5.82. The first-order valence-electron chi connectivity index (χ1n) is 10.7. The minimum Gasteiger partial charge on any atom is -0.422 e. The molecule has 1 aliphatic rings. The molecule has 2 amide bonds. The molecule has 7 heteroatoms. The molecule has 0 atom stereocenters. The fourth-order valence-electron chi connectivity index (χ4n) is 4.12. The molecule has 2 aromatic carbocycles. The summed E-state index contributed by atoms with van der Waals surface area (Å²) in [5.74, 6) is 0.471. The second-order valence-electron chi connectivity index (χ2n) is 8.09. The van der Waals surface area contributed by atoms with Gasteiger partial charge in [-0.15, -0.1) is 0 Å². The van der Waals surface area contributed by atoms with E-state index in [0.717, 1.165) is 37.8 Å². The number of oxazole rings is 1. The number of aliphatic imine (C=N–C) groups is 1. The molecule has 1 heterocycles. The van der Waals surface area contributed by atoms with Gasteiger partial charge in [-0.2, -0.15) is 4.98 Å². The van der Waals surface area contributed by atoms with Gasteiger partial charge >= 0.3 is 12.0 Å². The van der Waals surface area contributed by atoms with Gasteiger partial charge in [0.05, 0.1) is 0 Å². The maximum absolute atomic E-state index is 13.3. The summed E-state index contributed by atoms with van der Waals surface area (Å²) in [5, 5.41) is 2.76. The van der Waals surface area contributed by atoms with E-state index in [1.54, 1.807) is 13.1 Å². The number of fused-ring (bicyclic) bond motifs is 1. The van der Waals surface area contributed by atoms with Crippen LogP contribution in [0.4, 0.5) is 15.2 Å². The van der Waals surface area contributed by atoms with Crippen molar-refractivity contribution < 1.29 is 13.6 Å². The van der Waals surface area contributed by atoms with Gasteiger partial charge in [-0.1, -0.05) is 30.3 Å². The number of carbonyl (C=O) groups excluding carboxylic acids is 1. The zero-order valence-electron chi connectivity index (χ0n) is 17.6. The number of amides is 2. The van der Waals surface area contributed by atoms with Crippen molar-refractivity contribution in [2.24, 2.45) is 16.8 Å². The Hall–Kier alpha value is -3.22. The molecular formula is C24H27FN4O2. The molecule has 31 heavy (non-hydrogen) atoms. The Bertz CT molecular complexity index is 1040. The first-order valence-corrected chi connectivity index (χ1v) is 10.7. The van der Waals surface area contributed by atoms with Gasteiger partial charge in [0.1, 0.15) is 11.3 Å². The molecule has 0 aliphatic heterocycles. The Balaban J connectivity index is 1.31. The Morgan fingerprint density at radius 1 is 1.23 bits per heavy atom. The lowest BCUT2D eigenvalue weighted by Gasteiger charge is -2.31. The van der Waals surface area contributed by atoms with E-state index < -0.39 is 0 Å². The number of benzene rings is 2. The number of halogens is 1. The van der Waals surface area contributed by atoms with Crippen molar-refractivity contribution in [1.29, 1.82) is 0 Å². The van der Waals surface area contributed by atoms with Crippen LogP contribution in [0, 0.1) is 17.7 Å². The van der Waals surface area contributed by atoms with Crippen LogP contribution < -0.4 is 5.32 Å². The molecule has 1 fully saturated rings. The second kappa shape index (κ2) is 9.73. The Morgan fingerprint density at radius 3 is 2.74 bits per heavy atom. The molecule has 0 saturated heterocycles. The zero-order valence-corrected chi connectivity index (χ0v) is 17.6. The summed E-state index contributed by atoms with van der Waals surface area (Å²) in [7, 11) is 1.67. The van der Waals surface area contributed by atoms with E-state index in [-0.39, 0.29) is 17.9 Å². The van der Waals surface area contributed by atoms with Gasteiger partial charge in [-0.25, -0.2) is 14.2 Å². The van der Waals surface area contributed by atoms with Crippen LogP contribution in [0.3, 0.4) is 0 Å². The molecule has 1 aliphatic carbocycles. The molecule has 1 saturated carbocycles. The third-order valence-corrected chi connectivity index (χ3v) is 5.82. The van der Waals surface area contributed by atoms with E-state index in [9.17, 15) is 9.18 Å². The molecule has 0 unspecified atom stereocenters. The molecular weight excluding hydrogens is 395 g/mol. The summed E-state index contributed by atoms with van der Waals surface area (Å²) < 4.78 is 18.8. The van der Waals surface area contributed by atoms with Gasteiger partial charge in [0.15, 0.2) is 5.58 Å². The van der Waals surface area contributed by atoms with Crippen molar-refractivity contribution in [2.45, 2.75) is 32.2 Å². The predicted molar refractivity (Wildman–Crippen MR) is 119 cm³/mol. The average Bonchev–Trinajstić information content (AvgIpc) is 3.20. The summed E-state index contributed by atoms with van der Waals surface area (Å²) >= 11 is 0. The third kappa shape index (κ3) is 5.48. The first-order chi connectivity index (χ1) is 15.1. The number of urea groups is 1. The highest BCUT2D eigenvalue weighted by atomic mass is 19.1. The van der Waals surface area contributed by atoms with E-state index >= 15 is 0 Å². The van der Waals surface area contributed by atoms with E-state index in [0.29, 0.717) is 29.5 Å². The van der Waals surface area contributed by atoms with Gasteiger partial charge in [0, 0.05) is 32.4 Å². The maximum atomic E-state index is 13.3. The topological polar surface area (TPSA) is 70.7 Å². The van der Waals surface area contributed by atoms with E-state index in [4.69, 9.17) is 4.42 Å². The maximum Gasteiger partial charge on any atom is 0.322 e. The van der Waals surface area contributed by atoms with Crippen molar-refractivity contribution >= 4 is 29.4 Å². The second-order valence-corrected chi connectivity index (χ2v) is 8.09. The molecule has 0 bridgehead atoms. The summed E-state index contributed by atoms with van der Waals surface area (Å²) in [5.41, 5.74) is 2.14. The van der Waals surface area contributed by atoms with Crippen LogP contribution in [0.5, 0.6) is 0 Å². The van der Waals surface area contributed by atoms with Crippen LogP contribution in [0.1, 0.15) is 31.2 Å². The van der Waals surface area contributed by atoms with Crippen molar-refractivity contribution in [1.82, 2.24) is 15.2 Å². The van der Waals surface area contributed by atoms with Crippen molar-refractivity contribution in [3.8, 4) is 0 Å². The number of nitrogens with one attached hydrogen (secondary N) is 1. The lowest BCUT2D eigenvalue weighted by atomic mass is 9.82. The van der Waals surface area contributed by atoms with Crippen molar-refractivity contribution in [2.75, 3.05) is 13.6 Å². The fraction of sp³-hybridized carbons (Fsp3) is 0.375. The van der Waals surface area contributed by atoms with Gasteiger partial charge in [0.25, 0.3) is 0 Å². The minimum atomic E-state index is -0.351. The van der Waals surface area contributed by atoms with Crippen LogP contribution in [0.2, 0.25) is 0 Å². The van der Waals surface area contributed by atoms with Gasteiger partial charge < -0.3 is 14.6 Å². The van der Waals surface area contributed by atoms with Crippen molar-refractivity contribution in [3.05, 3.63) is 59.9 Å². The lowest BCUT2D eigenvalue weighted by molar-refractivity contribution is 0.174. The molecule has 6 nitrogen and oxygen atoms in total. The molecule has 0 spiro atoms. The van der Waals surface area contributed by atoms with Gasteiger partial charge in [-0.05, 0) is 55.2 Å². The highest BCUT2D eigenvalue weighted by molar-refractivity contribution is 5.75. The Kier molecular flexibility index (Phi) is 6.60. The number of rotatable bonds is 6. The largest absolute Gasteiger partial charge is 0.422 e. The quantitative estimate of drug-likeness (QED) is 0.547. The van der Waals surface area contributed by atoms with E-state index in [1.807, 2.05) is 41.4 Å². The number of nitrogens with zero attached hydrogens (tertiary/aromatic N) is 3. The molecule has 1 aromatic heterocycles. The van der Waals surface area contributed by atoms with E-state index in [1.165, 1.54) is 12.1 Å². The highest BCUT2D eigenvalue weighted by Gasteiger charge is 2.24. The lowest BCUT2D eigenvalue weighted by Crippen LogP contribution is -2.41. The smallest absolute Gasteiger partial charge is 0.322 e. The monoisotopic (exact) mass is 422 g/mol. The van der Waals surface area contributed by atoms with Crippen LogP contribution in [-0.4, -0.2) is 35.7 Å². The highest BCUT2D eigenvalue weighted by Crippen LogP contribution is 2.30. The fourth-order valence-corrected chi connectivity index (χ4v) is 4.12. The Morgan fingerprint density at radius 2 is 2.00 bits per heavy atom. The van der Waals surface area contributed by atoms with Crippen LogP contribution >= 0.6 is 0 Å². The van der Waals surface area contributed by atoms with E-state index in [2.05, 4.69) is 15.3 Å². The first kappa shape index (κ1) is 21.0. The average molecular weight is 423 g/mol. The summed E-state index contributed by atoms with van der Waals surface area (Å²) in [6.07, 6.45) is 6.00. The zero-order chi connectivity index (χ0) is 21.6. The number of aromatic nitrogens is 1. The number of hydrogen-bond donors (Lipinski definition) is 1. The summed E-state index contributed by atoms with van der Waals surface area (Å²) in [4.78, 5) is 22.9. The number of carbonyl (C=O) groups is 1. The number of hydrogen-bond acceptors (Lipinski definition) is 4. The molecule has 0 radical (unpaired) electrons. The summed E-state index contributed by atoms with van der Waals surface area (Å²) in [6.45, 7) is 1.36. The molecule has 1 N–H and O–H groups in total. The van der Waals surface area contributed by atoms with Crippen LogP contribution in [-0.2, 0) is 6.54 Å². The van der Waals surface area contributed by atoms with Crippen LogP contribution in [0.25, 0.3) is 11.1 Å². The molecule has 162 valence electrons. The van der Waals surface area contributed by atoms with Crippen molar-refractivity contribution in [3.63, 3.8) is 0 Å². The van der Waals surface area contributed by atoms with Gasteiger partial charge in [-0.3, -0.25) is 0 Å². The SMILES string of the molecule is CNC(=O)N(Cc1ccccc1)CC1CCC(/C=N\c2nc3ccc(F)cc3o2)CC1. The summed E-state index contributed by atoms with van der Waals surface area (Å²) in [6, 6.07) is 14.6.